The van der Waals surface area contributed by atoms with Crippen LogP contribution in [0.25, 0.3) is 10.6 Å². The molecule has 0 aliphatic rings. The highest BCUT2D eigenvalue weighted by Crippen LogP contribution is 2.27. The summed E-state index contributed by atoms with van der Waals surface area (Å²) in [4.78, 5) is 14.7. The van der Waals surface area contributed by atoms with E-state index in [2.05, 4.69) is 15.2 Å². The first-order chi connectivity index (χ1) is 7.58. The lowest BCUT2D eigenvalue weighted by molar-refractivity contribution is 0.961. The highest BCUT2D eigenvalue weighted by atomic mass is 35.5. The van der Waals surface area contributed by atoms with E-state index in [4.69, 9.17) is 11.6 Å². The van der Waals surface area contributed by atoms with Crippen molar-refractivity contribution < 1.29 is 0 Å². The molecule has 16 heavy (non-hydrogen) atoms. The first-order valence-corrected chi connectivity index (χ1v) is 6.00. The Balaban J connectivity index is 2.47. The summed E-state index contributed by atoms with van der Waals surface area (Å²) in [5.74, 6) is 0. The lowest BCUT2D eigenvalue weighted by Gasteiger charge is -1.95. The number of aromatic nitrogens is 3. The summed E-state index contributed by atoms with van der Waals surface area (Å²) >= 11 is 7.23. The number of nitrogens with zero attached hydrogens (tertiary/aromatic N) is 2. The van der Waals surface area contributed by atoms with Gasteiger partial charge < -0.3 is 4.98 Å². The van der Waals surface area contributed by atoms with Gasteiger partial charge in [-0.1, -0.05) is 11.3 Å². The molecule has 2 rings (SSSR count). The van der Waals surface area contributed by atoms with Crippen LogP contribution in [0.2, 0.25) is 0 Å². The van der Waals surface area contributed by atoms with E-state index in [1.165, 1.54) is 11.3 Å². The summed E-state index contributed by atoms with van der Waals surface area (Å²) in [5.41, 5.74) is 1.30. The minimum atomic E-state index is -0.184. The Labute approximate surface area is 101 Å². The third kappa shape index (κ3) is 2.15. The molecule has 0 aliphatic carbocycles. The van der Waals surface area contributed by atoms with E-state index in [0.717, 1.165) is 10.7 Å². The number of hydrogen-bond acceptors (Lipinski definition) is 4. The number of halogens is 1. The maximum atomic E-state index is 11.7. The molecule has 0 saturated carbocycles. The van der Waals surface area contributed by atoms with Crippen LogP contribution in [-0.2, 0) is 0 Å². The standard InChI is InChI=1S/C10H10ClN3OS/c1-5-3-8(15)7(4-12-5)10-14-13-9(16-10)6(2)11/h3-4,6H,1-2H3,(H,12,15). The van der Waals surface area contributed by atoms with Crippen LogP contribution < -0.4 is 5.43 Å². The molecular weight excluding hydrogens is 246 g/mol. The molecule has 0 bridgehead atoms. The van der Waals surface area contributed by atoms with Crippen LogP contribution >= 0.6 is 22.9 Å². The number of nitrogens with one attached hydrogen (secondary N) is 1. The van der Waals surface area contributed by atoms with Crippen molar-refractivity contribution in [3.63, 3.8) is 0 Å². The van der Waals surface area contributed by atoms with Crippen molar-refractivity contribution >= 4 is 22.9 Å². The molecular formula is C10H10ClN3OS. The number of aromatic amines is 1. The molecule has 1 unspecified atom stereocenters. The Morgan fingerprint density at radius 2 is 2.25 bits per heavy atom. The van der Waals surface area contributed by atoms with Gasteiger partial charge in [-0.3, -0.25) is 4.79 Å². The van der Waals surface area contributed by atoms with Crippen LogP contribution in [0.5, 0.6) is 0 Å². The first kappa shape index (κ1) is 11.3. The zero-order valence-electron chi connectivity index (χ0n) is 8.82. The van der Waals surface area contributed by atoms with E-state index >= 15 is 0 Å². The molecule has 0 aliphatic heterocycles. The van der Waals surface area contributed by atoms with Crippen LogP contribution in [0.4, 0.5) is 0 Å². The van der Waals surface area contributed by atoms with Crippen molar-refractivity contribution in [3.05, 3.63) is 33.2 Å². The van der Waals surface area contributed by atoms with Crippen molar-refractivity contribution in [1.29, 1.82) is 0 Å². The van der Waals surface area contributed by atoms with E-state index in [1.54, 1.807) is 12.3 Å². The Bertz CT molecular complexity index is 561. The fraction of sp³-hybridized carbons (Fsp3) is 0.300. The molecule has 6 heteroatoms. The third-order valence-electron chi connectivity index (χ3n) is 2.07. The Kier molecular flexibility index (Phi) is 3.07. The summed E-state index contributed by atoms with van der Waals surface area (Å²) in [5, 5.41) is 9.04. The van der Waals surface area contributed by atoms with Crippen molar-refractivity contribution in [3.8, 4) is 10.6 Å². The van der Waals surface area contributed by atoms with Crippen LogP contribution in [-0.4, -0.2) is 15.2 Å². The van der Waals surface area contributed by atoms with Crippen LogP contribution in [0, 0.1) is 6.92 Å². The molecule has 0 aromatic carbocycles. The monoisotopic (exact) mass is 255 g/mol. The zero-order chi connectivity index (χ0) is 11.7. The van der Waals surface area contributed by atoms with Gasteiger partial charge in [-0.25, -0.2) is 0 Å². The van der Waals surface area contributed by atoms with Crippen molar-refractivity contribution in [2.75, 3.05) is 0 Å². The van der Waals surface area contributed by atoms with Gasteiger partial charge in [0.1, 0.15) is 5.01 Å². The molecule has 84 valence electrons. The fourth-order valence-corrected chi connectivity index (χ4v) is 2.22. The summed E-state index contributed by atoms with van der Waals surface area (Å²) < 4.78 is 0. The molecule has 0 spiro atoms. The maximum absolute atomic E-state index is 11.7. The molecule has 0 saturated heterocycles. The molecule has 4 nitrogen and oxygen atoms in total. The topological polar surface area (TPSA) is 58.6 Å². The first-order valence-electron chi connectivity index (χ1n) is 4.75. The molecule has 0 radical (unpaired) electrons. The molecule has 1 N–H and O–H groups in total. The predicted molar refractivity (Wildman–Crippen MR) is 65.0 cm³/mol. The second-order valence-corrected chi connectivity index (χ2v) is 5.12. The largest absolute Gasteiger partial charge is 0.364 e. The number of hydrogen-bond donors (Lipinski definition) is 1. The van der Waals surface area contributed by atoms with Gasteiger partial charge >= 0.3 is 0 Å². The predicted octanol–water partition coefficient (Wildman–Crippen LogP) is 2.50. The molecule has 1 atom stereocenters. The molecule has 2 heterocycles. The number of rotatable bonds is 2. The Morgan fingerprint density at radius 1 is 1.50 bits per heavy atom. The van der Waals surface area contributed by atoms with Gasteiger partial charge in [0, 0.05) is 18.0 Å². The summed E-state index contributed by atoms with van der Waals surface area (Å²) in [6.07, 6.45) is 1.65. The normalized spacial score (nSPS) is 12.7. The number of H-pyrrole nitrogens is 1. The maximum Gasteiger partial charge on any atom is 0.192 e. The smallest absolute Gasteiger partial charge is 0.192 e. The highest BCUT2D eigenvalue weighted by molar-refractivity contribution is 7.15. The lowest BCUT2D eigenvalue weighted by Crippen LogP contribution is -2.04. The number of pyridine rings is 1. The van der Waals surface area contributed by atoms with Crippen LogP contribution in [0.15, 0.2) is 17.1 Å². The number of alkyl halides is 1. The Hall–Kier alpha value is -1.20. The highest BCUT2D eigenvalue weighted by Gasteiger charge is 2.12. The minimum Gasteiger partial charge on any atom is -0.364 e. The van der Waals surface area contributed by atoms with E-state index in [-0.39, 0.29) is 10.8 Å². The fourth-order valence-electron chi connectivity index (χ4n) is 1.24. The second kappa shape index (κ2) is 4.35. The van der Waals surface area contributed by atoms with Gasteiger partial charge in [-0.2, -0.15) is 0 Å². The summed E-state index contributed by atoms with van der Waals surface area (Å²) in [6, 6.07) is 1.54. The van der Waals surface area contributed by atoms with E-state index in [9.17, 15) is 4.79 Å². The van der Waals surface area contributed by atoms with Crippen LogP contribution in [0.1, 0.15) is 23.0 Å². The lowest BCUT2D eigenvalue weighted by atomic mass is 10.2. The molecule has 0 fully saturated rings. The Morgan fingerprint density at radius 3 is 2.81 bits per heavy atom. The average molecular weight is 256 g/mol. The minimum absolute atomic E-state index is 0.0545. The van der Waals surface area contributed by atoms with Gasteiger partial charge in [0.05, 0.1) is 10.9 Å². The quantitative estimate of drug-likeness (QED) is 0.839. The van der Waals surface area contributed by atoms with Gasteiger partial charge in [0.25, 0.3) is 0 Å². The van der Waals surface area contributed by atoms with Crippen molar-refractivity contribution in [2.24, 2.45) is 0 Å². The molecule has 2 aromatic rings. The average Bonchev–Trinajstić information content (AvgIpc) is 2.66. The SMILES string of the molecule is Cc1cc(=O)c(-c2nnc(C(C)Cl)s2)c[nH]1. The van der Waals surface area contributed by atoms with Crippen molar-refractivity contribution in [1.82, 2.24) is 15.2 Å². The van der Waals surface area contributed by atoms with E-state index in [0.29, 0.717) is 10.6 Å². The zero-order valence-corrected chi connectivity index (χ0v) is 10.4. The van der Waals surface area contributed by atoms with Gasteiger partial charge in [-0.15, -0.1) is 21.8 Å². The van der Waals surface area contributed by atoms with E-state index in [1.807, 2.05) is 13.8 Å². The molecule has 2 aromatic heterocycles. The third-order valence-corrected chi connectivity index (χ3v) is 3.54. The number of aryl methyl sites for hydroxylation is 1. The van der Waals surface area contributed by atoms with Gasteiger partial charge in [-0.05, 0) is 13.8 Å². The van der Waals surface area contributed by atoms with Crippen molar-refractivity contribution in [2.45, 2.75) is 19.2 Å². The van der Waals surface area contributed by atoms with Crippen LogP contribution in [0.3, 0.4) is 0 Å². The summed E-state index contributed by atoms with van der Waals surface area (Å²) in [6.45, 7) is 3.66. The van der Waals surface area contributed by atoms with E-state index < -0.39 is 0 Å². The summed E-state index contributed by atoms with van der Waals surface area (Å²) in [7, 11) is 0. The van der Waals surface area contributed by atoms with Gasteiger partial charge in [0.2, 0.25) is 0 Å². The van der Waals surface area contributed by atoms with Gasteiger partial charge in [0.15, 0.2) is 10.4 Å². The molecule has 0 amide bonds. The second-order valence-electron chi connectivity index (χ2n) is 3.46.